The van der Waals surface area contributed by atoms with E-state index in [0.717, 1.165) is 0 Å². The van der Waals surface area contributed by atoms with E-state index < -0.39 is 92.2 Å². The number of carboxylic acid groups (broad SMARTS) is 1. The molecule has 1 aliphatic heterocycles. The lowest BCUT2D eigenvalue weighted by molar-refractivity contribution is -0.310. The Hall–Kier alpha value is -0.190. The normalized spacial score (nSPS) is 30.4. The van der Waals surface area contributed by atoms with Gasteiger partial charge in [-0.1, -0.05) is 13.8 Å². The average Bonchev–Trinajstić information content (AvgIpc) is 2.66. The summed E-state index contributed by atoms with van der Waals surface area (Å²) in [5, 5.41) is 39.7. The summed E-state index contributed by atoms with van der Waals surface area (Å²) < 4.78 is 65.6. The first-order chi connectivity index (χ1) is 14.9. The van der Waals surface area contributed by atoms with Gasteiger partial charge in [-0.15, -0.1) is 0 Å². The van der Waals surface area contributed by atoms with Gasteiger partial charge < -0.3 is 39.2 Å². The van der Waals surface area contributed by atoms with Gasteiger partial charge in [-0.25, -0.2) is 8.98 Å². The highest BCUT2D eigenvalue weighted by atomic mass is 33.1. The lowest BCUT2D eigenvalue weighted by Gasteiger charge is -2.42. The molecule has 33 heavy (non-hydrogen) atoms. The molecule has 1 fully saturated rings. The number of carbonyl (C=O) groups is 1. The molecule has 0 aromatic rings. The number of hydrogen-bond donors (Lipinski definition) is 6. The van der Waals surface area contributed by atoms with Crippen molar-refractivity contribution in [2.45, 2.75) is 63.9 Å². The van der Waals surface area contributed by atoms with Gasteiger partial charge >= 0.3 is 16.4 Å². The Morgan fingerprint density at radius 2 is 1.73 bits per heavy atom. The van der Waals surface area contributed by atoms with E-state index in [2.05, 4.69) is 26.6 Å². The van der Waals surface area contributed by atoms with Crippen molar-refractivity contribution in [2.24, 2.45) is 11.8 Å². The number of aliphatic hydroxyl groups is 3. The minimum absolute atomic E-state index is 0.721. The predicted molar refractivity (Wildman–Crippen MR) is 116 cm³/mol. The highest BCUT2D eigenvalue weighted by Crippen LogP contribution is 2.29. The first kappa shape index (κ1) is 30.8. The molecule has 6 N–H and O–H groups in total. The molecule has 1 rings (SSSR count). The van der Waals surface area contributed by atoms with Gasteiger partial charge in [0.1, 0.15) is 26.5 Å². The van der Waals surface area contributed by atoms with Crippen LogP contribution in [0.25, 0.3) is 0 Å². The Labute approximate surface area is 200 Å². The molecule has 1 heterocycles. The molecule has 0 aliphatic carbocycles. The lowest BCUT2D eigenvalue weighted by atomic mass is 9.92. The van der Waals surface area contributed by atoms with E-state index >= 15 is 0 Å². The largest absolute Gasteiger partial charge is 0.479 e. The Morgan fingerprint density at radius 1 is 1.15 bits per heavy atom. The van der Waals surface area contributed by atoms with E-state index in [9.17, 15) is 38.2 Å². The third-order valence-electron chi connectivity index (χ3n) is 4.83. The van der Waals surface area contributed by atoms with Crippen LogP contribution in [0.4, 0.5) is 0 Å². The topological polar surface area (TPSA) is 219 Å². The fourth-order valence-electron chi connectivity index (χ4n) is 2.77. The van der Waals surface area contributed by atoms with Crippen molar-refractivity contribution >= 4 is 46.5 Å². The Kier molecular flexibility index (Phi) is 11.8. The summed E-state index contributed by atoms with van der Waals surface area (Å²) in [6.45, 7) is 2.46. The summed E-state index contributed by atoms with van der Waals surface area (Å²) >= 11 is 9.14. The van der Waals surface area contributed by atoms with Crippen LogP contribution in [-0.4, -0.2) is 100 Å². The van der Waals surface area contributed by atoms with E-state index in [-0.39, 0.29) is 0 Å². The van der Waals surface area contributed by atoms with Crippen molar-refractivity contribution in [3.8, 4) is 0 Å². The van der Waals surface area contributed by atoms with Crippen LogP contribution in [-0.2, 0) is 67.9 Å². The van der Waals surface area contributed by atoms with E-state index in [4.69, 9.17) is 22.9 Å². The smallest absolute Gasteiger partial charge is 0.397 e. The molecule has 1 aliphatic rings. The van der Waals surface area contributed by atoms with Crippen molar-refractivity contribution in [1.29, 1.82) is 0 Å². The Morgan fingerprint density at radius 3 is 2.18 bits per heavy atom. The number of aliphatic hydroxyl groups excluding tert-OH is 3. The number of rotatable bonds is 13. The quantitative estimate of drug-likeness (QED) is 0.108. The van der Waals surface area contributed by atoms with Gasteiger partial charge in [-0.05, 0) is 6.92 Å². The fourth-order valence-corrected chi connectivity index (χ4v) is 3.70. The molecular weight excluding hydrogens is 532 g/mol. The van der Waals surface area contributed by atoms with Crippen molar-refractivity contribution in [3.63, 3.8) is 0 Å². The first-order valence-electron chi connectivity index (χ1n) is 9.40. The Balaban J connectivity index is 3.21. The second-order valence-electron chi connectivity index (χ2n) is 7.36. The standard InChI is InChI=1S/C15H28O14S4/c1-6(8(3)16)12(14(18)19)28-10(5-26-33(24,30)31)29-13-9(4-25-32(21,22)23)27-15(20)7(2)11(13)17/h6-13,15-17,20H,4-5H2,1-3H3,(H,18,19)(H,21,22,23)(H,24,30,31)/t6-,7-,8-,9?,10?,11?,12?,13-,15+/m0/s1. The zero-order chi connectivity index (χ0) is 25.7. The average molecular weight is 561 g/mol. The zero-order valence-corrected chi connectivity index (χ0v) is 21.0. The van der Waals surface area contributed by atoms with Gasteiger partial charge in [0, 0.05) is 34.2 Å². The monoisotopic (exact) mass is 560 g/mol. The maximum absolute atomic E-state index is 11.7. The summed E-state index contributed by atoms with van der Waals surface area (Å²) in [7, 11) is -8.31. The van der Waals surface area contributed by atoms with Crippen LogP contribution in [0.15, 0.2) is 0 Å². The number of aliphatic carboxylic acids is 1. The predicted octanol–water partition coefficient (Wildman–Crippen LogP) is -1.80. The van der Waals surface area contributed by atoms with Crippen molar-refractivity contribution < 1.29 is 65.3 Å². The molecule has 18 heteroatoms. The minimum atomic E-state index is -4.92. The number of hydrogen-bond acceptors (Lipinski definition) is 13. The maximum atomic E-state index is 11.7. The van der Waals surface area contributed by atoms with Crippen LogP contribution in [0.2, 0.25) is 0 Å². The SMILES string of the molecule is C[C@H](O)[C@H](C)C(OC(COS(O)(=S)=S)O[C@H]1C(COS(=O)(=O)O)O[C@@H](O)[C@@H](C)C1O)C(=O)O. The van der Waals surface area contributed by atoms with E-state index in [1.807, 2.05) is 0 Å². The van der Waals surface area contributed by atoms with Gasteiger partial charge in [-0.2, -0.15) is 8.42 Å². The van der Waals surface area contributed by atoms with Crippen LogP contribution in [0.5, 0.6) is 0 Å². The molecule has 1 saturated heterocycles. The van der Waals surface area contributed by atoms with Gasteiger partial charge in [0.2, 0.25) is 0 Å². The maximum Gasteiger partial charge on any atom is 0.397 e. The molecule has 0 bridgehead atoms. The van der Waals surface area contributed by atoms with Crippen molar-refractivity contribution in [1.82, 2.24) is 0 Å². The third-order valence-corrected chi connectivity index (χ3v) is 6.27. The van der Waals surface area contributed by atoms with Crippen LogP contribution in [0.1, 0.15) is 20.8 Å². The lowest BCUT2D eigenvalue weighted by Crippen LogP contribution is -2.58. The van der Waals surface area contributed by atoms with Crippen LogP contribution < -0.4 is 0 Å². The number of ether oxygens (including phenoxy) is 3. The van der Waals surface area contributed by atoms with Gasteiger partial charge in [0.15, 0.2) is 18.7 Å². The molecular formula is C15H28O14S4. The summed E-state index contributed by atoms with van der Waals surface area (Å²) in [6.07, 6.45) is -10.6. The van der Waals surface area contributed by atoms with E-state index in [1.54, 1.807) is 0 Å². The molecule has 9 atom stereocenters. The molecule has 0 aromatic carbocycles. The van der Waals surface area contributed by atoms with Gasteiger partial charge in [0.25, 0.3) is 0 Å². The molecule has 0 aromatic heterocycles. The molecule has 14 nitrogen and oxygen atoms in total. The molecule has 0 saturated carbocycles. The molecule has 4 unspecified atom stereocenters. The van der Waals surface area contributed by atoms with Crippen LogP contribution in [0, 0.1) is 11.8 Å². The summed E-state index contributed by atoms with van der Waals surface area (Å²) in [6, 6.07) is 0. The van der Waals surface area contributed by atoms with E-state index in [0.29, 0.717) is 0 Å². The Bertz CT molecular complexity index is 847. The first-order valence-corrected chi connectivity index (χ1v) is 14.1. The van der Waals surface area contributed by atoms with Gasteiger partial charge in [0.05, 0.1) is 18.8 Å². The second kappa shape index (κ2) is 12.7. The third kappa shape index (κ3) is 10.5. The molecule has 0 amide bonds. The second-order valence-corrected chi connectivity index (χ2v) is 12.9. The fraction of sp³-hybridized carbons (Fsp3) is 0.933. The minimum Gasteiger partial charge on any atom is -0.479 e. The van der Waals surface area contributed by atoms with Crippen molar-refractivity contribution in [3.05, 3.63) is 0 Å². The van der Waals surface area contributed by atoms with Crippen LogP contribution in [0.3, 0.4) is 0 Å². The summed E-state index contributed by atoms with van der Waals surface area (Å²) in [5.41, 5.74) is 0. The van der Waals surface area contributed by atoms with Crippen LogP contribution >= 0.6 is 0 Å². The van der Waals surface area contributed by atoms with Gasteiger partial charge in [-0.3, -0.25) is 8.74 Å². The van der Waals surface area contributed by atoms with E-state index in [1.165, 1.54) is 20.8 Å². The summed E-state index contributed by atoms with van der Waals surface area (Å²) in [5.74, 6) is -3.41. The zero-order valence-electron chi connectivity index (χ0n) is 17.7. The molecule has 0 spiro atoms. The number of carboxylic acids is 1. The molecule has 0 radical (unpaired) electrons. The molecule has 196 valence electrons. The highest BCUT2D eigenvalue weighted by Gasteiger charge is 2.46. The highest BCUT2D eigenvalue weighted by molar-refractivity contribution is 8.51. The summed E-state index contributed by atoms with van der Waals surface area (Å²) in [4.78, 5) is 11.7. The van der Waals surface area contributed by atoms with Crippen molar-refractivity contribution in [2.75, 3.05) is 13.2 Å².